The number of hydrogen-bond donors (Lipinski definition) is 3. The summed E-state index contributed by atoms with van der Waals surface area (Å²) in [5.41, 5.74) is 14.0. The minimum Gasteiger partial charge on any atom is -0.478 e. The lowest BCUT2D eigenvalue weighted by Gasteiger charge is -2.05. The quantitative estimate of drug-likeness (QED) is 0.735. The third-order valence-corrected chi connectivity index (χ3v) is 3.54. The predicted molar refractivity (Wildman–Crippen MR) is 96.4 cm³/mol. The van der Waals surface area contributed by atoms with E-state index in [0.29, 0.717) is 11.1 Å². The number of methoxy groups -OCH3 is 1. The first-order chi connectivity index (χ1) is 11.8. The number of hydrogen-bond acceptors (Lipinski definition) is 5. The summed E-state index contributed by atoms with van der Waals surface area (Å²) in [6.45, 7) is 3.75. The molecule has 2 atom stereocenters. The molecule has 2 aromatic carbocycles. The first-order valence-electron chi connectivity index (χ1n) is 7.79. The molecule has 0 fully saturated rings. The molecular weight excluding hydrogens is 320 g/mol. The van der Waals surface area contributed by atoms with E-state index < -0.39 is 5.97 Å². The maximum Gasteiger partial charge on any atom is 0.337 e. The lowest BCUT2D eigenvalue weighted by atomic mass is 10.1. The Hall–Kier alpha value is -2.70. The Balaban J connectivity index is 0.000000251. The van der Waals surface area contributed by atoms with Gasteiger partial charge < -0.3 is 21.3 Å². The highest BCUT2D eigenvalue weighted by atomic mass is 16.5. The average Bonchev–Trinajstić information content (AvgIpc) is 2.61. The summed E-state index contributed by atoms with van der Waals surface area (Å²) in [6.07, 6.45) is 0. The van der Waals surface area contributed by atoms with Gasteiger partial charge in [-0.1, -0.05) is 24.3 Å². The molecule has 0 aliphatic rings. The molecule has 5 N–H and O–H groups in total. The number of carboxylic acid groups (broad SMARTS) is 1. The molecule has 0 aliphatic heterocycles. The van der Waals surface area contributed by atoms with Crippen molar-refractivity contribution in [2.24, 2.45) is 11.5 Å². The number of nitrogens with two attached hydrogens (primary N) is 2. The second-order valence-corrected chi connectivity index (χ2v) is 5.62. The van der Waals surface area contributed by atoms with E-state index in [1.165, 1.54) is 7.11 Å². The van der Waals surface area contributed by atoms with Gasteiger partial charge in [0.05, 0.1) is 18.2 Å². The third-order valence-electron chi connectivity index (χ3n) is 3.54. The summed E-state index contributed by atoms with van der Waals surface area (Å²) in [5.74, 6) is -1.23. The number of aromatic carboxylic acids is 1. The molecule has 0 unspecified atom stereocenters. The Morgan fingerprint density at radius 3 is 1.48 bits per heavy atom. The van der Waals surface area contributed by atoms with Gasteiger partial charge in [0.1, 0.15) is 0 Å². The summed E-state index contributed by atoms with van der Waals surface area (Å²) >= 11 is 0. The Morgan fingerprint density at radius 1 is 0.840 bits per heavy atom. The summed E-state index contributed by atoms with van der Waals surface area (Å²) < 4.78 is 4.57. The monoisotopic (exact) mass is 344 g/mol. The lowest BCUT2D eigenvalue weighted by Crippen LogP contribution is -2.06. The van der Waals surface area contributed by atoms with Gasteiger partial charge in [0.2, 0.25) is 0 Å². The van der Waals surface area contributed by atoms with Crippen molar-refractivity contribution in [2.45, 2.75) is 25.9 Å². The molecule has 0 aromatic heterocycles. The number of carbonyl (C=O) groups is 2. The fraction of sp³-hybridized carbons (Fsp3) is 0.263. The van der Waals surface area contributed by atoms with Crippen LogP contribution in [0.1, 0.15) is 57.8 Å². The van der Waals surface area contributed by atoms with Crippen molar-refractivity contribution in [3.63, 3.8) is 0 Å². The van der Waals surface area contributed by atoms with Crippen molar-refractivity contribution in [1.82, 2.24) is 0 Å². The number of carboxylic acids is 1. The number of benzene rings is 2. The van der Waals surface area contributed by atoms with Crippen molar-refractivity contribution in [2.75, 3.05) is 7.11 Å². The number of ether oxygens (including phenoxy) is 1. The van der Waals surface area contributed by atoms with Gasteiger partial charge in [-0.15, -0.1) is 0 Å². The summed E-state index contributed by atoms with van der Waals surface area (Å²) in [5, 5.41) is 8.58. The van der Waals surface area contributed by atoms with E-state index in [-0.39, 0.29) is 18.1 Å². The second kappa shape index (κ2) is 9.56. The molecule has 0 saturated carbocycles. The van der Waals surface area contributed by atoms with Crippen molar-refractivity contribution >= 4 is 11.9 Å². The van der Waals surface area contributed by atoms with Crippen LogP contribution in [0.15, 0.2) is 48.5 Å². The smallest absolute Gasteiger partial charge is 0.337 e. The first-order valence-corrected chi connectivity index (χ1v) is 7.79. The van der Waals surface area contributed by atoms with Crippen LogP contribution in [0.4, 0.5) is 0 Å². The van der Waals surface area contributed by atoms with Crippen LogP contribution in [0.2, 0.25) is 0 Å². The molecule has 134 valence electrons. The van der Waals surface area contributed by atoms with Crippen LogP contribution in [-0.2, 0) is 4.74 Å². The van der Waals surface area contributed by atoms with Crippen LogP contribution in [0.25, 0.3) is 0 Å². The zero-order valence-corrected chi connectivity index (χ0v) is 14.6. The van der Waals surface area contributed by atoms with Crippen molar-refractivity contribution in [3.8, 4) is 0 Å². The number of rotatable bonds is 4. The van der Waals surface area contributed by atoms with Crippen molar-refractivity contribution in [1.29, 1.82) is 0 Å². The molecule has 0 spiro atoms. The third kappa shape index (κ3) is 6.37. The van der Waals surface area contributed by atoms with Crippen LogP contribution in [-0.4, -0.2) is 24.2 Å². The molecular formula is C19H24N2O4. The highest BCUT2D eigenvalue weighted by Crippen LogP contribution is 2.11. The number of carbonyl (C=O) groups excluding carboxylic acids is 1. The van der Waals surface area contributed by atoms with Gasteiger partial charge in [-0.05, 0) is 49.2 Å². The van der Waals surface area contributed by atoms with E-state index in [2.05, 4.69) is 4.74 Å². The normalized spacial score (nSPS) is 12.4. The molecule has 0 saturated heterocycles. The van der Waals surface area contributed by atoms with Crippen LogP contribution >= 0.6 is 0 Å². The van der Waals surface area contributed by atoms with Crippen LogP contribution in [0.3, 0.4) is 0 Å². The molecule has 0 radical (unpaired) electrons. The maximum atomic E-state index is 11.0. The lowest BCUT2D eigenvalue weighted by molar-refractivity contribution is 0.0599. The molecule has 0 amide bonds. The second-order valence-electron chi connectivity index (χ2n) is 5.62. The summed E-state index contributed by atoms with van der Waals surface area (Å²) in [7, 11) is 1.36. The Morgan fingerprint density at radius 2 is 1.20 bits per heavy atom. The molecule has 2 aromatic rings. The molecule has 6 nitrogen and oxygen atoms in total. The van der Waals surface area contributed by atoms with Gasteiger partial charge in [-0.25, -0.2) is 9.59 Å². The molecule has 25 heavy (non-hydrogen) atoms. The minimum absolute atomic E-state index is 0.00769. The standard InChI is InChI=1S/C10H13NO2.C9H11NO2/c1-7(11)8-3-5-9(6-4-8)10(12)13-2;1-6(10)7-2-4-8(5-3-7)9(11)12/h3-7H,11H2,1-2H3;2-6H,10H2,1H3,(H,11,12)/t7-;6-/m00/s1. The molecule has 2 rings (SSSR count). The van der Waals surface area contributed by atoms with Gasteiger partial charge in [-0.3, -0.25) is 0 Å². The van der Waals surface area contributed by atoms with E-state index in [0.717, 1.165) is 11.1 Å². The van der Waals surface area contributed by atoms with E-state index in [1.807, 2.05) is 26.0 Å². The van der Waals surface area contributed by atoms with Gasteiger partial charge in [-0.2, -0.15) is 0 Å². The molecule has 0 bridgehead atoms. The van der Waals surface area contributed by atoms with Gasteiger partial charge in [0, 0.05) is 12.1 Å². The van der Waals surface area contributed by atoms with Gasteiger partial charge >= 0.3 is 11.9 Å². The fourth-order valence-electron chi connectivity index (χ4n) is 1.97. The average molecular weight is 344 g/mol. The summed E-state index contributed by atoms with van der Waals surface area (Å²) in [6, 6.07) is 13.6. The predicted octanol–water partition coefficient (Wildman–Crippen LogP) is 2.90. The summed E-state index contributed by atoms with van der Waals surface area (Å²) in [4.78, 5) is 21.5. The molecule has 0 heterocycles. The highest BCUT2D eigenvalue weighted by Gasteiger charge is 2.05. The highest BCUT2D eigenvalue weighted by molar-refractivity contribution is 5.89. The zero-order valence-electron chi connectivity index (χ0n) is 14.6. The topological polar surface area (TPSA) is 116 Å². The first kappa shape index (κ1) is 20.3. The van der Waals surface area contributed by atoms with E-state index in [4.69, 9.17) is 16.6 Å². The van der Waals surface area contributed by atoms with Crippen LogP contribution < -0.4 is 11.5 Å². The Bertz CT molecular complexity index is 692. The SMILES string of the molecule is COC(=O)c1ccc([C@H](C)N)cc1.C[C@H](N)c1ccc(C(=O)O)cc1. The largest absolute Gasteiger partial charge is 0.478 e. The maximum absolute atomic E-state index is 11.0. The Labute approximate surface area is 147 Å². The minimum atomic E-state index is -0.911. The van der Waals surface area contributed by atoms with E-state index >= 15 is 0 Å². The fourth-order valence-corrected chi connectivity index (χ4v) is 1.97. The number of esters is 1. The van der Waals surface area contributed by atoms with Crippen molar-refractivity contribution in [3.05, 3.63) is 70.8 Å². The molecule has 6 heteroatoms. The van der Waals surface area contributed by atoms with Crippen LogP contribution in [0, 0.1) is 0 Å². The van der Waals surface area contributed by atoms with Gasteiger partial charge in [0.15, 0.2) is 0 Å². The van der Waals surface area contributed by atoms with E-state index in [9.17, 15) is 9.59 Å². The zero-order chi connectivity index (χ0) is 19.0. The van der Waals surface area contributed by atoms with Crippen LogP contribution in [0.5, 0.6) is 0 Å². The van der Waals surface area contributed by atoms with Crippen molar-refractivity contribution < 1.29 is 19.4 Å². The van der Waals surface area contributed by atoms with Gasteiger partial charge in [0.25, 0.3) is 0 Å². The van der Waals surface area contributed by atoms with E-state index in [1.54, 1.807) is 36.4 Å². The molecule has 0 aliphatic carbocycles. The Kier molecular flexibility index (Phi) is 7.78.